The van der Waals surface area contributed by atoms with E-state index in [1.807, 2.05) is 6.92 Å². The Balaban J connectivity index is 1.93. The quantitative estimate of drug-likeness (QED) is 0.744. The number of hydrogen-bond acceptors (Lipinski definition) is 4. The Morgan fingerprint density at radius 1 is 1.25 bits per heavy atom. The van der Waals surface area contributed by atoms with Gasteiger partial charge in [0.2, 0.25) is 0 Å². The summed E-state index contributed by atoms with van der Waals surface area (Å²) in [4.78, 5) is 38.0. The number of nitrogens with zero attached hydrogens (tertiary/aromatic N) is 3. The molecular weight excluding hydrogens is 262 g/mol. The standard InChI is InChI=1S/C12H17N5O3/c1-2-13-12(20)17-7-5-16(6-8-17)11(19)9-3-4-10(18)15-14-9/h3-4H,2,5-8H2,1H3,(H,13,20)(H,15,18). The second-order valence-corrected chi connectivity index (χ2v) is 4.42. The third-order valence-electron chi connectivity index (χ3n) is 3.08. The van der Waals surface area contributed by atoms with Crippen molar-refractivity contribution in [2.45, 2.75) is 6.92 Å². The molecule has 0 radical (unpaired) electrons. The Morgan fingerprint density at radius 3 is 2.45 bits per heavy atom. The Bertz CT molecular complexity index is 528. The van der Waals surface area contributed by atoms with E-state index in [0.717, 1.165) is 0 Å². The van der Waals surface area contributed by atoms with Crippen molar-refractivity contribution in [2.24, 2.45) is 0 Å². The van der Waals surface area contributed by atoms with Gasteiger partial charge in [0, 0.05) is 38.8 Å². The highest BCUT2D eigenvalue weighted by molar-refractivity contribution is 5.92. The molecule has 2 heterocycles. The van der Waals surface area contributed by atoms with Crippen LogP contribution in [-0.2, 0) is 0 Å². The van der Waals surface area contributed by atoms with Crippen molar-refractivity contribution in [1.29, 1.82) is 0 Å². The van der Waals surface area contributed by atoms with Crippen molar-refractivity contribution < 1.29 is 9.59 Å². The highest BCUT2D eigenvalue weighted by Crippen LogP contribution is 2.06. The van der Waals surface area contributed by atoms with Gasteiger partial charge in [-0.05, 0) is 13.0 Å². The van der Waals surface area contributed by atoms with Gasteiger partial charge in [0.1, 0.15) is 5.69 Å². The number of aromatic nitrogens is 2. The number of nitrogens with one attached hydrogen (secondary N) is 2. The summed E-state index contributed by atoms with van der Waals surface area (Å²) in [6, 6.07) is 2.56. The number of carbonyl (C=O) groups is 2. The van der Waals surface area contributed by atoms with Crippen LogP contribution in [0.2, 0.25) is 0 Å². The number of amides is 3. The lowest BCUT2D eigenvalue weighted by molar-refractivity contribution is 0.0658. The maximum Gasteiger partial charge on any atom is 0.317 e. The van der Waals surface area contributed by atoms with Crippen LogP contribution in [0.15, 0.2) is 16.9 Å². The number of piperazine rings is 1. The smallest absolute Gasteiger partial charge is 0.317 e. The molecule has 1 saturated heterocycles. The molecule has 0 atom stereocenters. The van der Waals surface area contributed by atoms with Gasteiger partial charge in [0.15, 0.2) is 0 Å². The van der Waals surface area contributed by atoms with Crippen LogP contribution in [0.25, 0.3) is 0 Å². The molecule has 1 fully saturated rings. The zero-order valence-corrected chi connectivity index (χ0v) is 11.3. The average molecular weight is 279 g/mol. The van der Waals surface area contributed by atoms with Crippen molar-refractivity contribution in [3.63, 3.8) is 0 Å². The molecule has 0 saturated carbocycles. The molecule has 0 bridgehead atoms. The van der Waals surface area contributed by atoms with E-state index >= 15 is 0 Å². The molecule has 0 unspecified atom stereocenters. The fourth-order valence-electron chi connectivity index (χ4n) is 2.00. The van der Waals surface area contributed by atoms with Crippen LogP contribution >= 0.6 is 0 Å². The minimum atomic E-state index is -0.345. The van der Waals surface area contributed by atoms with Crippen LogP contribution in [0.5, 0.6) is 0 Å². The molecule has 1 aromatic heterocycles. The maximum atomic E-state index is 12.1. The molecule has 20 heavy (non-hydrogen) atoms. The summed E-state index contributed by atoms with van der Waals surface area (Å²) in [7, 11) is 0. The topological polar surface area (TPSA) is 98.4 Å². The largest absolute Gasteiger partial charge is 0.338 e. The van der Waals surface area contributed by atoms with E-state index in [2.05, 4.69) is 15.5 Å². The van der Waals surface area contributed by atoms with Gasteiger partial charge in [-0.15, -0.1) is 0 Å². The number of rotatable bonds is 2. The van der Waals surface area contributed by atoms with Crippen LogP contribution < -0.4 is 10.9 Å². The van der Waals surface area contributed by atoms with Crippen LogP contribution in [0, 0.1) is 0 Å². The normalized spacial score (nSPS) is 15.1. The number of carbonyl (C=O) groups excluding carboxylic acids is 2. The van der Waals surface area contributed by atoms with Crippen LogP contribution in [0.1, 0.15) is 17.4 Å². The fraction of sp³-hybridized carbons (Fsp3) is 0.500. The summed E-state index contributed by atoms with van der Waals surface area (Å²) in [6.45, 7) is 4.33. The maximum absolute atomic E-state index is 12.1. The first kappa shape index (κ1) is 14.0. The highest BCUT2D eigenvalue weighted by atomic mass is 16.2. The first-order valence-corrected chi connectivity index (χ1v) is 6.49. The Morgan fingerprint density at radius 2 is 1.90 bits per heavy atom. The molecule has 1 aliphatic heterocycles. The first-order valence-electron chi connectivity index (χ1n) is 6.49. The van der Waals surface area contributed by atoms with Crippen molar-refractivity contribution in [3.8, 4) is 0 Å². The molecule has 0 aromatic carbocycles. The summed E-state index contributed by atoms with van der Waals surface area (Å²) in [5.41, 5.74) is -0.140. The Labute approximate surface area is 115 Å². The van der Waals surface area contributed by atoms with Crippen LogP contribution in [-0.4, -0.2) is 64.7 Å². The van der Waals surface area contributed by atoms with E-state index in [1.54, 1.807) is 9.80 Å². The van der Waals surface area contributed by atoms with Crippen molar-refractivity contribution in [1.82, 2.24) is 25.3 Å². The minimum absolute atomic E-state index is 0.109. The predicted octanol–water partition coefficient (Wildman–Crippen LogP) is -0.743. The summed E-state index contributed by atoms with van der Waals surface area (Å²) >= 11 is 0. The molecule has 8 nitrogen and oxygen atoms in total. The van der Waals surface area contributed by atoms with Crippen molar-refractivity contribution in [3.05, 3.63) is 28.2 Å². The van der Waals surface area contributed by atoms with E-state index in [0.29, 0.717) is 32.7 Å². The van der Waals surface area contributed by atoms with Gasteiger partial charge in [0.05, 0.1) is 0 Å². The summed E-state index contributed by atoms with van der Waals surface area (Å²) < 4.78 is 0. The van der Waals surface area contributed by atoms with E-state index in [1.165, 1.54) is 12.1 Å². The number of hydrogen-bond donors (Lipinski definition) is 2. The molecule has 108 valence electrons. The fourth-order valence-corrected chi connectivity index (χ4v) is 2.00. The van der Waals surface area contributed by atoms with Crippen molar-refractivity contribution in [2.75, 3.05) is 32.7 Å². The van der Waals surface area contributed by atoms with E-state index in [4.69, 9.17) is 0 Å². The lowest BCUT2D eigenvalue weighted by Crippen LogP contribution is -2.53. The van der Waals surface area contributed by atoms with Gasteiger partial charge in [-0.3, -0.25) is 9.59 Å². The van der Waals surface area contributed by atoms with Gasteiger partial charge in [-0.2, -0.15) is 5.10 Å². The monoisotopic (exact) mass is 279 g/mol. The molecule has 8 heteroatoms. The van der Waals surface area contributed by atoms with Gasteiger partial charge < -0.3 is 15.1 Å². The summed E-state index contributed by atoms with van der Waals surface area (Å²) in [5, 5.41) is 8.68. The van der Waals surface area contributed by atoms with E-state index in [9.17, 15) is 14.4 Å². The number of H-pyrrole nitrogens is 1. The Hall–Kier alpha value is -2.38. The van der Waals surface area contributed by atoms with Gasteiger partial charge in [-0.25, -0.2) is 9.89 Å². The second kappa shape index (κ2) is 6.18. The van der Waals surface area contributed by atoms with E-state index < -0.39 is 0 Å². The average Bonchev–Trinajstić information content (AvgIpc) is 2.48. The molecule has 1 aliphatic rings. The SMILES string of the molecule is CCNC(=O)N1CCN(C(=O)c2ccc(=O)[nH]n2)CC1. The first-order chi connectivity index (χ1) is 9.61. The zero-order valence-electron chi connectivity index (χ0n) is 11.3. The second-order valence-electron chi connectivity index (χ2n) is 4.42. The van der Waals surface area contributed by atoms with Gasteiger partial charge >= 0.3 is 6.03 Å². The molecule has 2 N–H and O–H groups in total. The minimum Gasteiger partial charge on any atom is -0.338 e. The Kier molecular flexibility index (Phi) is 4.34. The zero-order chi connectivity index (χ0) is 14.5. The number of aromatic amines is 1. The van der Waals surface area contributed by atoms with Crippen molar-refractivity contribution >= 4 is 11.9 Å². The highest BCUT2D eigenvalue weighted by Gasteiger charge is 2.25. The predicted molar refractivity (Wildman–Crippen MR) is 71.4 cm³/mol. The van der Waals surface area contributed by atoms with Gasteiger partial charge in [0.25, 0.3) is 11.5 Å². The lowest BCUT2D eigenvalue weighted by Gasteiger charge is -2.34. The molecular formula is C12H17N5O3. The van der Waals surface area contributed by atoms with Crippen LogP contribution in [0.4, 0.5) is 4.79 Å². The lowest BCUT2D eigenvalue weighted by atomic mass is 10.2. The molecule has 0 spiro atoms. The summed E-state index contributed by atoms with van der Waals surface area (Å²) in [5.74, 6) is -0.239. The summed E-state index contributed by atoms with van der Waals surface area (Å²) in [6.07, 6.45) is 0. The molecule has 3 amide bonds. The van der Waals surface area contributed by atoms with Gasteiger partial charge in [-0.1, -0.05) is 0 Å². The van der Waals surface area contributed by atoms with Crippen LogP contribution in [0.3, 0.4) is 0 Å². The molecule has 2 rings (SSSR count). The molecule has 0 aliphatic carbocycles. The third kappa shape index (κ3) is 3.14. The third-order valence-corrected chi connectivity index (χ3v) is 3.08. The van der Waals surface area contributed by atoms with E-state index in [-0.39, 0.29) is 23.2 Å². The number of urea groups is 1. The molecule has 1 aromatic rings.